The van der Waals surface area contributed by atoms with Crippen molar-refractivity contribution in [1.82, 2.24) is 15.2 Å². The number of imide groups is 1. The van der Waals surface area contributed by atoms with Crippen LogP contribution in [0.3, 0.4) is 0 Å². The van der Waals surface area contributed by atoms with Crippen molar-refractivity contribution in [3.05, 3.63) is 34.2 Å². The third-order valence-corrected chi connectivity index (χ3v) is 7.01. The fraction of sp³-hybridized carbons (Fsp3) is 0.636. The van der Waals surface area contributed by atoms with Crippen molar-refractivity contribution in [1.29, 1.82) is 0 Å². The molecule has 3 saturated heterocycles. The highest BCUT2D eigenvalue weighted by molar-refractivity contribution is 6.01. The first-order valence-electron chi connectivity index (χ1n) is 11.4. The zero-order valence-corrected chi connectivity index (χ0v) is 18.4. The van der Waals surface area contributed by atoms with Crippen molar-refractivity contribution in [2.24, 2.45) is 11.2 Å². The van der Waals surface area contributed by atoms with Crippen molar-refractivity contribution in [3.63, 3.8) is 0 Å². The summed E-state index contributed by atoms with van der Waals surface area (Å²) in [5, 5.41) is 17.2. The van der Waals surface area contributed by atoms with E-state index in [0.29, 0.717) is 45.8 Å². The maximum absolute atomic E-state index is 14.9. The van der Waals surface area contributed by atoms with Crippen LogP contribution in [0.4, 0.5) is 14.5 Å². The van der Waals surface area contributed by atoms with Gasteiger partial charge in [-0.25, -0.2) is 8.78 Å². The van der Waals surface area contributed by atoms with Crippen molar-refractivity contribution in [2.75, 3.05) is 50.7 Å². The molecular formula is C22H29F2N5O4. The number of amides is 2. The summed E-state index contributed by atoms with van der Waals surface area (Å²) in [5.74, 6) is -3.01. The summed E-state index contributed by atoms with van der Waals surface area (Å²) in [6.45, 7) is 3.77. The summed E-state index contributed by atoms with van der Waals surface area (Å²) in [6, 6.07) is 2.20. The molecule has 0 saturated carbocycles. The lowest BCUT2D eigenvalue weighted by molar-refractivity contribution is -0.134. The lowest BCUT2D eigenvalue weighted by Gasteiger charge is -2.39. The van der Waals surface area contributed by atoms with Crippen LogP contribution in [-0.4, -0.2) is 78.7 Å². The number of piperidine rings is 2. The Labute approximate surface area is 190 Å². The van der Waals surface area contributed by atoms with Crippen LogP contribution < -0.4 is 10.2 Å². The highest BCUT2D eigenvalue weighted by atomic mass is 19.1. The summed E-state index contributed by atoms with van der Waals surface area (Å²) in [6.07, 6.45) is 1.19. The number of anilines is 1. The van der Waals surface area contributed by atoms with E-state index in [1.807, 2.05) is 0 Å². The maximum Gasteiger partial charge on any atom is 0.234 e. The first-order chi connectivity index (χ1) is 15.9. The predicted molar refractivity (Wildman–Crippen MR) is 116 cm³/mol. The van der Waals surface area contributed by atoms with E-state index in [4.69, 9.17) is 0 Å². The van der Waals surface area contributed by atoms with Crippen LogP contribution in [0, 0.1) is 22.5 Å². The molecule has 3 fully saturated rings. The molecule has 11 heteroatoms. The van der Waals surface area contributed by atoms with Gasteiger partial charge >= 0.3 is 0 Å². The fourth-order valence-corrected chi connectivity index (χ4v) is 4.99. The van der Waals surface area contributed by atoms with Crippen LogP contribution in [0.25, 0.3) is 0 Å². The Morgan fingerprint density at radius 2 is 1.73 bits per heavy atom. The van der Waals surface area contributed by atoms with Crippen molar-refractivity contribution >= 4 is 17.5 Å². The first-order valence-corrected chi connectivity index (χ1v) is 11.4. The minimum absolute atomic E-state index is 0.0289. The zero-order valence-electron chi connectivity index (χ0n) is 18.4. The summed E-state index contributed by atoms with van der Waals surface area (Å²) in [4.78, 5) is 37.8. The number of aliphatic hydroxyl groups excluding tert-OH is 1. The molecular weight excluding hydrogens is 436 g/mol. The average Bonchev–Trinajstić information content (AvgIpc) is 2.81. The molecule has 3 aliphatic rings. The standard InChI is InChI=1S/C22H29F2N5O4/c23-17-12-19(18(24)11-16(17)15-1-2-21(31)25-22(15)32)28-9-7-27(8-10-28)13-20(30)14-3-5-29(26-33)6-4-14/h11-12,14-15,20,30H,1-10,13H2,(H,25,31,32). The van der Waals surface area contributed by atoms with E-state index in [1.54, 1.807) is 4.90 Å². The van der Waals surface area contributed by atoms with Crippen LogP contribution in [0.15, 0.2) is 17.4 Å². The van der Waals surface area contributed by atoms with Crippen molar-refractivity contribution in [3.8, 4) is 0 Å². The molecule has 33 heavy (non-hydrogen) atoms. The Morgan fingerprint density at radius 3 is 2.36 bits per heavy atom. The molecule has 0 radical (unpaired) electrons. The third-order valence-electron chi connectivity index (χ3n) is 7.01. The number of nitrogens with one attached hydrogen (secondary N) is 1. The number of piperazine rings is 1. The molecule has 2 unspecified atom stereocenters. The van der Waals surface area contributed by atoms with Gasteiger partial charge < -0.3 is 10.0 Å². The number of nitrogens with zero attached hydrogens (tertiary/aromatic N) is 4. The molecule has 4 rings (SSSR count). The maximum atomic E-state index is 14.9. The van der Waals surface area contributed by atoms with E-state index >= 15 is 0 Å². The summed E-state index contributed by atoms with van der Waals surface area (Å²) < 4.78 is 29.7. The van der Waals surface area contributed by atoms with E-state index < -0.39 is 35.5 Å². The van der Waals surface area contributed by atoms with Gasteiger partial charge in [0.15, 0.2) is 0 Å². The minimum atomic E-state index is -0.876. The monoisotopic (exact) mass is 465 g/mol. The number of halogens is 2. The van der Waals surface area contributed by atoms with Gasteiger partial charge in [0, 0.05) is 63.9 Å². The van der Waals surface area contributed by atoms with E-state index in [2.05, 4.69) is 15.5 Å². The van der Waals surface area contributed by atoms with Gasteiger partial charge in [0.25, 0.3) is 0 Å². The van der Waals surface area contributed by atoms with Crippen LogP contribution in [0.2, 0.25) is 0 Å². The number of aliphatic hydroxyl groups is 1. The second kappa shape index (κ2) is 10.1. The lowest BCUT2D eigenvalue weighted by Crippen LogP contribution is -2.50. The van der Waals surface area contributed by atoms with Crippen LogP contribution in [0.1, 0.15) is 37.2 Å². The quantitative estimate of drug-likeness (QED) is 0.483. The molecule has 3 aliphatic heterocycles. The van der Waals surface area contributed by atoms with E-state index in [9.17, 15) is 28.4 Å². The number of hydrogen-bond acceptors (Lipinski definition) is 7. The summed E-state index contributed by atoms with van der Waals surface area (Å²) in [7, 11) is 0. The van der Waals surface area contributed by atoms with Crippen LogP contribution >= 0.6 is 0 Å². The number of β-amino-alcohol motifs (C(OH)–C–C–N with tert-alkyl or cyclic N) is 1. The molecule has 0 aromatic heterocycles. The largest absolute Gasteiger partial charge is 0.392 e. The molecule has 2 atom stereocenters. The second-order valence-corrected chi connectivity index (χ2v) is 9.06. The second-order valence-electron chi connectivity index (χ2n) is 9.06. The predicted octanol–water partition coefficient (Wildman–Crippen LogP) is 1.36. The highest BCUT2D eigenvalue weighted by Crippen LogP contribution is 2.32. The van der Waals surface area contributed by atoms with Gasteiger partial charge in [-0.05, 0) is 31.2 Å². The minimum Gasteiger partial charge on any atom is -0.392 e. The van der Waals surface area contributed by atoms with Crippen molar-refractivity contribution in [2.45, 2.75) is 37.7 Å². The number of hydrogen-bond donors (Lipinski definition) is 2. The fourth-order valence-electron chi connectivity index (χ4n) is 4.99. The summed E-state index contributed by atoms with van der Waals surface area (Å²) in [5.41, 5.74) is 0.122. The smallest absolute Gasteiger partial charge is 0.234 e. The zero-order chi connectivity index (χ0) is 23.5. The van der Waals surface area contributed by atoms with Gasteiger partial charge in [0.2, 0.25) is 11.8 Å². The SMILES string of the molecule is O=NN1CCC(C(O)CN2CCN(c3cc(F)c(C4CCC(=O)NC4=O)cc3F)CC2)CC1. The topological polar surface area (TPSA) is 106 Å². The van der Waals surface area contributed by atoms with Gasteiger partial charge in [0.05, 0.1) is 23.0 Å². The van der Waals surface area contributed by atoms with Crippen molar-refractivity contribution < 1.29 is 23.5 Å². The van der Waals surface area contributed by atoms with Gasteiger partial charge in [-0.3, -0.25) is 24.8 Å². The van der Waals surface area contributed by atoms with Gasteiger partial charge in [-0.1, -0.05) is 0 Å². The number of carbonyl (C=O) groups is 2. The molecule has 2 N–H and O–H groups in total. The molecule has 0 bridgehead atoms. The Balaban J connectivity index is 1.33. The van der Waals surface area contributed by atoms with Crippen LogP contribution in [0.5, 0.6) is 0 Å². The Morgan fingerprint density at radius 1 is 1.03 bits per heavy atom. The molecule has 9 nitrogen and oxygen atoms in total. The van der Waals surface area contributed by atoms with E-state index in [0.717, 1.165) is 25.0 Å². The van der Waals surface area contributed by atoms with E-state index in [-0.39, 0.29) is 30.0 Å². The number of carbonyl (C=O) groups excluding carboxylic acids is 2. The van der Waals surface area contributed by atoms with Crippen LogP contribution in [-0.2, 0) is 9.59 Å². The molecule has 1 aromatic carbocycles. The summed E-state index contributed by atoms with van der Waals surface area (Å²) >= 11 is 0. The average molecular weight is 466 g/mol. The Kier molecular flexibility index (Phi) is 7.18. The normalized spacial score (nSPS) is 24.0. The molecule has 0 spiro atoms. The molecule has 1 aromatic rings. The number of nitroso groups, excluding NO2 is 1. The van der Waals surface area contributed by atoms with Gasteiger partial charge in [0.1, 0.15) is 11.6 Å². The van der Waals surface area contributed by atoms with Gasteiger partial charge in [-0.15, -0.1) is 4.91 Å². The highest BCUT2D eigenvalue weighted by Gasteiger charge is 2.32. The number of rotatable bonds is 6. The Hall–Kier alpha value is -2.66. The van der Waals surface area contributed by atoms with E-state index in [1.165, 1.54) is 5.01 Å². The molecule has 2 amide bonds. The third kappa shape index (κ3) is 5.30. The molecule has 3 heterocycles. The Bertz CT molecular complexity index is 901. The lowest BCUT2D eigenvalue weighted by atomic mass is 9.89. The van der Waals surface area contributed by atoms with Gasteiger partial charge in [-0.2, -0.15) is 0 Å². The first kappa shape index (κ1) is 23.5. The number of benzene rings is 1. The molecule has 180 valence electrons. The molecule has 0 aliphatic carbocycles.